The van der Waals surface area contributed by atoms with Crippen LogP contribution in [-0.4, -0.2) is 26.0 Å². The first kappa shape index (κ1) is 14.3. The fourth-order valence-electron chi connectivity index (χ4n) is 2.15. The molecule has 0 aliphatic carbocycles. The first-order valence-electron chi connectivity index (χ1n) is 6.36. The van der Waals surface area contributed by atoms with Gasteiger partial charge < -0.3 is 15.8 Å². The molecule has 0 saturated heterocycles. The lowest BCUT2D eigenvalue weighted by Crippen LogP contribution is -1.96. The van der Waals surface area contributed by atoms with Crippen LogP contribution < -0.4 is 5.73 Å². The van der Waals surface area contributed by atoms with Crippen LogP contribution in [0.1, 0.15) is 10.4 Å². The number of nitrogen functional groups attached to an aromatic ring is 1. The lowest BCUT2D eigenvalue weighted by Gasteiger charge is -2.02. The summed E-state index contributed by atoms with van der Waals surface area (Å²) in [5.41, 5.74) is 8.15. The summed E-state index contributed by atoms with van der Waals surface area (Å²) in [5.74, 6) is -0.898. The molecule has 3 rings (SSSR count). The van der Waals surface area contributed by atoms with E-state index < -0.39 is 5.97 Å². The van der Waals surface area contributed by atoms with Gasteiger partial charge in [0.25, 0.3) is 0 Å². The third kappa shape index (κ3) is 2.58. The van der Waals surface area contributed by atoms with Crippen LogP contribution in [0.25, 0.3) is 22.6 Å². The Balaban J connectivity index is 2.19. The van der Waals surface area contributed by atoms with Gasteiger partial charge in [0.2, 0.25) is 5.95 Å². The second kappa shape index (κ2) is 5.61. The van der Waals surface area contributed by atoms with Crippen molar-refractivity contribution in [3.05, 3.63) is 52.6 Å². The van der Waals surface area contributed by atoms with Gasteiger partial charge in [-0.05, 0) is 27.6 Å². The Bertz CT molecular complexity index is 846. The molecule has 0 radical (unpaired) electrons. The first-order chi connectivity index (χ1) is 10.6. The van der Waals surface area contributed by atoms with Crippen molar-refractivity contribution in [3.8, 4) is 22.6 Å². The van der Waals surface area contributed by atoms with Crippen LogP contribution in [0.5, 0.6) is 0 Å². The number of H-pyrrole nitrogens is 1. The molecule has 0 unspecified atom stereocenters. The number of aromatic amines is 1. The summed E-state index contributed by atoms with van der Waals surface area (Å²) < 4.78 is 0.625. The number of hydrogen-bond donors (Lipinski definition) is 3. The van der Waals surface area contributed by atoms with Crippen molar-refractivity contribution in [2.24, 2.45) is 0 Å². The molecule has 1 aromatic carbocycles. The minimum Gasteiger partial charge on any atom is -0.478 e. The van der Waals surface area contributed by atoms with Crippen molar-refractivity contribution >= 4 is 27.8 Å². The Morgan fingerprint density at radius 1 is 1.27 bits per heavy atom. The van der Waals surface area contributed by atoms with E-state index in [1.54, 1.807) is 0 Å². The van der Waals surface area contributed by atoms with Crippen LogP contribution in [0, 0.1) is 0 Å². The molecule has 6 nitrogen and oxygen atoms in total. The van der Waals surface area contributed by atoms with Gasteiger partial charge in [-0.3, -0.25) is 0 Å². The smallest absolute Gasteiger partial charge is 0.337 e. The number of anilines is 1. The van der Waals surface area contributed by atoms with E-state index in [1.807, 2.05) is 30.3 Å². The van der Waals surface area contributed by atoms with Crippen molar-refractivity contribution < 1.29 is 9.90 Å². The molecule has 0 spiro atoms. The van der Waals surface area contributed by atoms with Crippen LogP contribution in [0.3, 0.4) is 0 Å². The van der Waals surface area contributed by atoms with Crippen molar-refractivity contribution in [2.75, 3.05) is 5.73 Å². The molecule has 22 heavy (non-hydrogen) atoms. The number of hydrogen-bond acceptors (Lipinski definition) is 4. The van der Waals surface area contributed by atoms with Crippen molar-refractivity contribution in [3.63, 3.8) is 0 Å². The predicted molar refractivity (Wildman–Crippen MR) is 86.3 cm³/mol. The van der Waals surface area contributed by atoms with E-state index in [2.05, 4.69) is 30.9 Å². The molecule has 4 N–H and O–H groups in total. The first-order valence-corrected chi connectivity index (χ1v) is 7.15. The van der Waals surface area contributed by atoms with E-state index in [0.717, 1.165) is 5.56 Å². The molecule has 0 bridgehead atoms. The zero-order valence-corrected chi connectivity index (χ0v) is 12.8. The Hall–Kier alpha value is -2.67. The highest BCUT2D eigenvalue weighted by atomic mass is 79.9. The second-order valence-corrected chi connectivity index (χ2v) is 5.42. The predicted octanol–water partition coefficient (Wildman–Crippen LogP) is 3.18. The highest BCUT2D eigenvalue weighted by Crippen LogP contribution is 2.31. The fourth-order valence-corrected chi connectivity index (χ4v) is 2.56. The summed E-state index contributed by atoms with van der Waals surface area (Å²) in [6.45, 7) is 0. The van der Waals surface area contributed by atoms with E-state index in [1.165, 1.54) is 12.3 Å². The van der Waals surface area contributed by atoms with Gasteiger partial charge >= 0.3 is 5.97 Å². The molecule has 110 valence electrons. The normalized spacial score (nSPS) is 10.6. The topological polar surface area (TPSA) is 105 Å². The molecule has 2 heterocycles. The second-order valence-electron chi connectivity index (χ2n) is 4.57. The summed E-state index contributed by atoms with van der Waals surface area (Å²) in [4.78, 5) is 22.6. The maximum atomic E-state index is 11.5. The number of nitrogens with two attached hydrogens (primary N) is 1. The number of halogens is 1. The van der Waals surface area contributed by atoms with Crippen LogP contribution in [0.2, 0.25) is 0 Å². The monoisotopic (exact) mass is 358 g/mol. The summed E-state index contributed by atoms with van der Waals surface area (Å²) in [6, 6.07) is 10.8. The molecule has 3 aromatic rings. The largest absolute Gasteiger partial charge is 0.478 e. The van der Waals surface area contributed by atoms with Crippen LogP contribution >= 0.6 is 15.9 Å². The number of rotatable bonds is 3. The zero-order valence-electron chi connectivity index (χ0n) is 11.2. The highest BCUT2D eigenvalue weighted by Gasteiger charge is 2.18. The Kier molecular flexibility index (Phi) is 3.64. The summed E-state index contributed by atoms with van der Waals surface area (Å²) >= 11 is 3.35. The fraction of sp³-hybridized carbons (Fsp3) is 0. The minimum absolute atomic E-state index is 0.117. The summed E-state index contributed by atoms with van der Waals surface area (Å²) in [5, 5.41) is 9.42. The lowest BCUT2D eigenvalue weighted by molar-refractivity contribution is 0.0698. The molecule has 0 atom stereocenters. The lowest BCUT2D eigenvalue weighted by atomic mass is 10.1. The number of carboxylic acids is 1. The number of nitrogens with one attached hydrogen (secondary N) is 1. The van der Waals surface area contributed by atoms with Gasteiger partial charge in [0.05, 0.1) is 21.4 Å². The third-order valence-electron chi connectivity index (χ3n) is 3.13. The zero-order chi connectivity index (χ0) is 15.7. The van der Waals surface area contributed by atoms with E-state index >= 15 is 0 Å². The van der Waals surface area contributed by atoms with Gasteiger partial charge in [-0.15, -0.1) is 0 Å². The van der Waals surface area contributed by atoms with Crippen molar-refractivity contribution in [1.29, 1.82) is 0 Å². The molecule has 0 aliphatic heterocycles. The number of nitrogens with zero attached hydrogens (tertiary/aromatic N) is 2. The summed E-state index contributed by atoms with van der Waals surface area (Å²) in [7, 11) is 0. The molecule has 2 aromatic heterocycles. The standard InChI is InChI=1S/C15H11BrN4O2/c16-10-7-18-15(17)20-13(10)11-6-9(14(21)22)12(19-11)8-4-2-1-3-5-8/h1-7,19H,(H,21,22)(H2,17,18,20). The number of aromatic carboxylic acids is 1. The highest BCUT2D eigenvalue weighted by molar-refractivity contribution is 9.10. The molecule has 0 saturated carbocycles. The number of aromatic nitrogens is 3. The SMILES string of the molecule is Nc1ncc(Br)c(-c2cc(C(=O)O)c(-c3ccccc3)[nH]2)n1. The molecule has 0 aliphatic rings. The van der Waals surface area contributed by atoms with Gasteiger partial charge in [0.15, 0.2) is 0 Å². The van der Waals surface area contributed by atoms with Crippen LogP contribution in [0.4, 0.5) is 5.95 Å². The van der Waals surface area contributed by atoms with Gasteiger partial charge in [0.1, 0.15) is 5.69 Å². The number of carboxylic acid groups (broad SMARTS) is 1. The van der Waals surface area contributed by atoms with E-state index in [0.29, 0.717) is 21.6 Å². The quantitative estimate of drug-likeness (QED) is 0.666. The Morgan fingerprint density at radius 2 is 2.00 bits per heavy atom. The van der Waals surface area contributed by atoms with Gasteiger partial charge in [-0.2, -0.15) is 0 Å². The van der Waals surface area contributed by atoms with E-state index in [-0.39, 0.29) is 11.5 Å². The third-order valence-corrected chi connectivity index (χ3v) is 3.71. The maximum Gasteiger partial charge on any atom is 0.337 e. The number of benzene rings is 1. The Labute approximate surface area is 134 Å². The van der Waals surface area contributed by atoms with Gasteiger partial charge in [-0.1, -0.05) is 30.3 Å². The van der Waals surface area contributed by atoms with Gasteiger partial charge in [-0.25, -0.2) is 14.8 Å². The average Bonchev–Trinajstić information content (AvgIpc) is 2.96. The average molecular weight is 359 g/mol. The molecule has 0 fully saturated rings. The van der Waals surface area contributed by atoms with Crippen molar-refractivity contribution in [1.82, 2.24) is 15.0 Å². The van der Waals surface area contributed by atoms with Gasteiger partial charge in [0, 0.05) is 6.20 Å². The molecular formula is C15H11BrN4O2. The Morgan fingerprint density at radius 3 is 2.68 bits per heavy atom. The summed E-state index contributed by atoms with van der Waals surface area (Å²) in [6.07, 6.45) is 1.53. The molecule has 7 heteroatoms. The maximum absolute atomic E-state index is 11.5. The molecular weight excluding hydrogens is 348 g/mol. The van der Waals surface area contributed by atoms with Crippen LogP contribution in [0.15, 0.2) is 47.1 Å². The van der Waals surface area contributed by atoms with E-state index in [9.17, 15) is 9.90 Å². The van der Waals surface area contributed by atoms with Crippen molar-refractivity contribution in [2.45, 2.75) is 0 Å². The number of carbonyl (C=O) groups is 1. The van der Waals surface area contributed by atoms with Crippen LogP contribution in [-0.2, 0) is 0 Å². The minimum atomic E-state index is -1.01. The molecule has 0 amide bonds. The van der Waals surface area contributed by atoms with E-state index in [4.69, 9.17) is 5.73 Å².